The number of aromatic amines is 1. The second-order valence-electron chi connectivity index (χ2n) is 5.39. The molecule has 1 aliphatic carbocycles. The Labute approximate surface area is 121 Å². The Morgan fingerprint density at radius 2 is 2.19 bits per heavy atom. The number of ether oxygens (including phenoxy) is 1. The van der Waals surface area contributed by atoms with Crippen LogP contribution in [-0.4, -0.2) is 34.7 Å². The van der Waals surface area contributed by atoms with E-state index in [0.29, 0.717) is 11.3 Å². The lowest BCUT2D eigenvalue weighted by atomic mass is 10.2. The Balaban J connectivity index is 1.57. The van der Waals surface area contributed by atoms with Gasteiger partial charge < -0.3 is 10.1 Å². The number of carbonyl (C=O) groups is 2. The average molecular weight is 287 g/mol. The van der Waals surface area contributed by atoms with Gasteiger partial charge in [-0.05, 0) is 31.7 Å². The van der Waals surface area contributed by atoms with Crippen LogP contribution in [0.3, 0.4) is 0 Å². The minimum Gasteiger partial charge on any atom is -0.451 e. The van der Waals surface area contributed by atoms with Gasteiger partial charge >= 0.3 is 5.97 Å². The highest BCUT2D eigenvalue weighted by molar-refractivity contribution is 6.02. The summed E-state index contributed by atoms with van der Waals surface area (Å²) in [5.74, 6) is -0.302. The van der Waals surface area contributed by atoms with Crippen LogP contribution in [0.2, 0.25) is 0 Å². The van der Waals surface area contributed by atoms with Crippen molar-refractivity contribution in [3.63, 3.8) is 0 Å². The first-order valence-electron chi connectivity index (χ1n) is 7.05. The highest BCUT2D eigenvalue weighted by Crippen LogP contribution is 2.32. The molecule has 6 heteroatoms. The van der Waals surface area contributed by atoms with Gasteiger partial charge in [0.05, 0.1) is 5.52 Å². The van der Waals surface area contributed by atoms with E-state index in [4.69, 9.17) is 4.74 Å². The van der Waals surface area contributed by atoms with E-state index in [1.165, 1.54) is 0 Å². The van der Waals surface area contributed by atoms with E-state index in [0.717, 1.165) is 18.4 Å². The quantitative estimate of drug-likeness (QED) is 0.819. The molecule has 1 aliphatic rings. The molecule has 0 unspecified atom stereocenters. The number of nitrogens with one attached hydrogen (secondary N) is 2. The molecular weight excluding hydrogens is 270 g/mol. The summed E-state index contributed by atoms with van der Waals surface area (Å²) in [4.78, 5) is 23.7. The van der Waals surface area contributed by atoms with Gasteiger partial charge in [0.15, 0.2) is 12.3 Å². The predicted molar refractivity (Wildman–Crippen MR) is 76.7 cm³/mol. The molecule has 2 aromatic rings. The Hall–Kier alpha value is -2.37. The van der Waals surface area contributed by atoms with E-state index in [1.54, 1.807) is 6.07 Å². The first-order valence-corrected chi connectivity index (χ1v) is 7.05. The number of nitrogens with zero attached hydrogens (tertiary/aromatic N) is 1. The molecular formula is C15H17N3O3. The van der Waals surface area contributed by atoms with Gasteiger partial charge in [-0.25, -0.2) is 4.79 Å². The van der Waals surface area contributed by atoms with Gasteiger partial charge in [0.25, 0.3) is 5.91 Å². The van der Waals surface area contributed by atoms with Crippen LogP contribution in [0.15, 0.2) is 24.3 Å². The van der Waals surface area contributed by atoms with Gasteiger partial charge in [-0.15, -0.1) is 0 Å². The van der Waals surface area contributed by atoms with Crippen LogP contribution in [0.1, 0.15) is 30.3 Å². The number of benzene rings is 1. The fourth-order valence-electron chi connectivity index (χ4n) is 2.33. The third kappa shape index (κ3) is 3.04. The maximum Gasteiger partial charge on any atom is 0.359 e. The first-order chi connectivity index (χ1) is 10.1. The summed E-state index contributed by atoms with van der Waals surface area (Å²) in [6.45, 7) is 1.69. The molecule has 0 bridgehead atoms. The highest BCUT2D eigenvalue weighted by Gasteiger charge is 2.29. The molecule has 110 valence electrons. The first kappa shape index (κ1) is 13.6. The van der Waals surface area contributed by atoms with Crippen LogP contribution in [0.5, 0.6) is 0 Å². The summed E-state index contributed by atoms with van der Waals surface area (Å²) in [5, 5.41) is 10.2. The predicted octanol–water partition coefficient (Wildman–Crippen LogP) is 1.63. The lowest BCUT2D eigenvalue weighted by Crippen LogP contribution is -2.37. The van der Waals surface area contributed by atoms with E-state index in [2.05, 4.69) is 15.5 Å². The molecule has 1 heterocycles. The fourth-order valence-corrected chi connectivity index (χ4v) is 2.33. The van der Waals surface area contributed by atoms with Gasteiger partial charge in [0.1, 0.15) is 0 Å². The second kappa shape index (κ2) is 5.55. The van der Waals surface area contributed by atoms with Crippen molar-refractivity contribution in [3.05, 3.63) is 30.0 Å². The zero-order valence-electron chi connectivity index (χ0n) is 11.8. The number of carbonyl (C=O) groups excluding carboxylic acids is 2. The maximum absolute atomic E-state index is 12.0. The minimum atomic E-state index is -0.596. The van der Waals surface area contributed by atoms with Crippen molar-refractivity contribution in [2.45, 2.75) is 25.8 Å². The second-order valence-corrected chi connectivity index (χ2v) is 5.39. The van der Waals surface area contributed by atoms with E-state index >= 15 is 0 Å². The van der Waals surface area contributed by atoms with Crippen LogP contribution in [0.25, 0.3) is 10.9 Å². The van der Waals surface area contributed by atoms with Crippen molar-refractivity contribution in [3.8, 4) is 0 Å². The number of hydrogen-bond donors (Lipinski definition) is 2. The van der Waals surface area contributed by atoms with Gasteiger partial charge in [-0.1, -0.05) is 18.2 Å². The summed E-state index contributed by atoms with van der Waals surface area (Å²) in [7, 11) is 0. The molecule has 3 rings (SSSR count). The molecule has 1 fully saturated rings. The number of aromatic nitrogens is 2. The maximum atomic E-state index is 12.0. The molecule has 0 spiro atoms. The van der Waals surface area contributed by atoms with Gasteiger partial charge in [0.2, 0.25) is 0 Å². The number of hydrogen-bond acceptors (Lipinski definition) is 4. The summed E-state index contributed by atoms with van der Waals surface area (Å²) in [5.41, 5.74) is 0.963. The smallest absolute Gasteiger partial charge is 0.359 e. The summed E-state index contributed by atoms with van der Waals surface area (Å²) in [6.07, 6.45) is 2.31. The summed E-state index contributed by atoms with van der Waals surface area (Å²) < 4.78 is 5.02. The highest BCUT2D eigenvalue weighted by atomic mass is 16.5. The van der Waals surface area contributed by atoms with Crippen LogP contribution >= 0.6 is 0 Å². The number of rotatable bonds is 5. The average Bonchev–Trinajstić information content (AvgIpc) is 3.24. The normalized spacial score (nSPS) is 15.7. The lowest BCUT2D eigenvalue weighted by molar-refractivity contribution is -0.125. The molecule has 1 saturated carbocycles. The van der Waals surface area contributed by atoms with Crippen molar-refractivity contribution in [1.82, 2.24) is 15.5 Å². The van der Waals surface area contributed by atoms with Crippen molar-refractivity contribution in [2.24, 2.45) is 5.92 Å². The molecule has 6 nitrogen and oxygen atoms in total. The molecule has 0 radical (unpaired) electrons. The molecule has 2 N–H and O–H groups in total. The van der Waals surface area contributed by atoms with Crippen molar-refractivity contribution < 1.29 is 14.3 Å². The van der Waals surface area contributed by atoms with E-state index in [9.17, 15) is 9.59 Å². The summed E-state index contributed by atoms with van der Waals surface area (Å²) in [6, 6.07) is 7.41. The molecule has 1 atom stereocenters. The molecule has 0 saturated heterocycles. The van der Waals surface area contributed by atoms with Gasteiger partial charge in [-0.3, -0.25) is 9.89 Å². The zero-order chi connectivity index (χ0) is 14.8. The van der Waals surface area contributed by atoms with Crippen LogP contribution < -0.4 is 5.32 Å². The van der Waals surface area contributed by atoms with Crippen molar-refractivity contribution in [2.75, 3.05) is 6.61 Å². The lowest BCUT2D eigenvalue weighted by Gasteiger charge is -2.12. The Morgan fingerprint density at radius 1 is 1.43 bits per heavy atom. The SMILES string of the molecule is C[C@H](NC(=O)COC(=O)c1n[nH]c2ccccc12)C1CC1. The van der Waals surface area contributed by atoms with Crippen molar-refractivity contribution >= 4 is 22.8 Å². The third-order valence-corrected chi connectivity index (χ3v) is 3.72. The van der Waals surface area contributed by atoms with Crippen LogP contribution in [0.4, 0.5) is 0 Å². The number of H-pyrrole nitrogens is 1. The topological polar surface area (TPSA) is 84.1 Å². The summed E-state index contributed by atoms with van der Waals surface area (Å²) >= 11 is 0. The van der Waals surface area contributed by atoms with Crippen molar-refractivity contribution in [1.29, 1.82) is 0 Å². The van der Waals surface area contributed by atoms with E-state index in [-0.39, 0.29) is 24.2 Å². The number of para-hydroxylation sites is 1. The number of amides is 1. The molecule has 1 aromatic heterocycles. The van der Waals surface area contributed by atoms with E-state index < -0.39 is 5.97 Å². The molecule has 1 aromatic carbocycles. The Kier molecular flexibility index (Phi) is 3.60. The standard InChI is InChI=1S/C15H17N3O3/c1-9(10-6-7-10)16-13(19)8-21-15(20)14-11-4-2-3-5-12(11)17-18-14/h2-5,9-10H,6-8H2,1H3,(H,16,19)(H,17,18)/t9-/m0/s1. The molecule has 0 aliphatic heterocycles. The van der Waals surface area contributed by atoms with E-state index in [1.807, 2.05) is 25.1 Å². The van der Waals surface area contributed by atoms with Gasteiger partial charge in [0, 0.05) is 11.4 Å². The number of esters is 1. The largest absolute Gasteiger partial charge is 0.451 e. The monoisotopic (exact) mass is 287 g/mol. The fraction of sp³-hybridized carbons (Fsp3) is 0.400. The van der Waals surface area contributed by atoms with Crippen LogP contribution in [0, 0.1) is 5.92 Å². The zero-order valence-corrected chi connectivity index (χ0v) is 11.8. The minimum absolute atomic E-state index is 0.141. The van der Waals surface area contributed by atoms with Gasteiger partial charge in [-0.2, -0.15) is 5.10 Å². The van der Waals surface area contributed by atoms with Crippen LogP contribution in [-0.2, 0) is 9.53 Å². The molecule has 1 amide bonds. The Bertz CT molecular complexity index is 676. The molecule has 21 heavy (non-hydrogen) atoms. The Morgan fingerprint density at radius 3 is 2.95 bits per heavy atom. The third-order valence-electron chi connectivity index (χ3n) is 3.72. The number of fused-ring (bicyclic) bond motifs is 1.